The van der Waals surface area contributed by atoms with E-state index in [-0.39, 0.29) is 0 Å². The third-order valence-electron chi connectivity index (χ3n) is 6.80. The van der Waals surface area contributed by atoms with Crippen LogP contribution in [0.15, 0.2) is 42.5 Å². The van der Waals surface area contributed by atoms with E-state index in [1.807, 2.05) is 36.4 Å². The Kier molecular flexibility index (Phi) is 15.0. The van der Waals surface area contributed by atoms with E-state index in [1.165, 1.54) is 89.9 Å². The Morgan fingerprint density at radius 2 is 1.09 bits per heavy atom. The highest BCUT2D eigenvalue weighted by molar-refractivity contribution is 7.54. The van der Waals surface area contributed by atoms with E-state index in [0.717, 1.165) is 23.6 Å². The van der Waals surface area contributed by atoms with Crippen LogP contribution in [-0.2, 0) is 0 Å². The fraction of sp³-hybridized carbons (Fsp3) is 0.655. The van der Waals surface area contributed by atoms with Crippen LogP contribution in [0.25, 0.3) is 10.8 Å². The summed E-state index contributed by atoms with van der Waals surface area (Å²) in [6.07, 6.45) is 20.9. The van der Waals surface area contributed by atoms with E-state index >= 15 is 0 Å². The zero-order valence-electron chi connectivity index (χ0n) is 21.3. The third kappa shape index (κ3) is 11.6. The Morgan fingerprint density at radius 1 is 0.618 bits per heavy atom. The first kappa shape index (κ1) is 29.2. The van der Waals surface area contributed by atoms with Gasteiger partial charge in [-0.1, -0.05) is 146 Å². The quantitative estimate of drug-likeness (QED) is 0.170. The lowest BCUT2D eigenvalue weighted by Crippen LogP contribution is -2.42. The predicted molar refractivity (Wildman–Crippen MR) is 141 cm³/mol. The fourth-order valence-electron chi connectivity index (χ4n) is 4.79. The third-order valence-corrected chi connectivity index (χ3v) is 7.90. The normalized spacial score (nSPS) is 12.9. The van der Waals surface area contributed by atoms with E-state index < -0.39 is 13.7 Å². The number of rotatable bonds is 20. The maximum Gasteiger partial charge on any atom is 0.128 e. The first-order chi connectivity index (χ1) is 16.5. The molecule has 2 aromatic carbocycles. The van der Waals surface area contributed by atoms with Gasteiger partial charge in [0.1, 0.15) is 5.78 Å². The van der Waals surface area contributed by atoms with Gasteiger partial charge in [0.25, 0.3) is 0 Å². The lowest BCUT2D eigenvalue weighted by atomic mass is 10.0. The van der Waals surface area contributed by atoms with Gasteiger partial charge in [0.05, 0.1) is 0 Å². The second-order valence-electron chi connectivity index (χ2n) is 9.77. The molecule has 0 aliphatic carbocycles. The summed E-state index contributed by atoms with van der Waals surface area (Å²) in [4.78, 5) is 36.0. The molecule has 5 heteroatoms. The van der Waals surface area contributed by atoms with Gasteiger partial charge in [0.2, 0.25) is 0 Å². The van der Waals surface area contributed by atoms with Crippen molar-refractivity contribution >= 4 is 18.7 Å². The lowest BCUT2D eigenvalue weighted by molar-refractivity contribution is -0.432. The van der Waals surface area contributed by atoms with E-state index in [0.29, 0.717) is 12.1 Å². The van der Waals surface area contributed by atoms with Crippen molar-refractivity contribution in [2.75, 3.05) is 6.54 Å². The van der Waals surface area contributed by atoms with Crippen molar-refractivity contribution in [2.24, 2.45) is 0 Å². The van der Waals surface area contributed by atoms with Gasteiger partial charge in [-0.25, -0.2) is 0 Å². The summed E-state index contributed by atoms with van der Waals surface area (Å²) in [5.41, 5.74) is 0.558. The van der Waals surface area contributed by atoms with Gasteiger partial charge in [-0.05, 0) is 23.7 Å². The largest absolute Gasteiger partial charge is 0.686 e. The number of unbranched alkanes of at least 4 members (excludes halogenated alkanes) is 15. The molecule has 0 bridgehead atoms. The summed E-state index contributed by atoms with van der Waals surface area (Å²) in [5, 5.41) is 4.80. The lowest BCUT2D eigenvalue weighted by Gasteiger charge is -2.48. The van der Waals surface area contributed by atoms with Crippen LogP contribution in [0.1, 0.15) is 121 Å². The van der Waals surface area contributed by atoms with Crippen molar-refractivity contribution in [3.63, 3.8) is 0 Å². The number of fused-ring (bicyclic) bond motifs is 1. The van der Waals surface area contributed by atoms with E-state index in [1.54, 1.807) is 6.07 Å². The molecule has 0 fully saturated rings. The molecule has 2 rings (SSSR count). The molecule has 0 saturated carbocycles. The molecule has 0 heterocycles. The number of benzene rings is 2. The molecule has 0 aliphatic heterocycles. The van der Waals surface area contributed by atoms with E-state index in [9.17, 15) is 14.7 Å². The minimum absolute atomic E-state index is 0.542. The molecule has 0 saturated heterocycles. The highest BCUT2D eigenvalue weighted by Crippen LogP contribution is 2.47. The molecule has 0 radical (unpaired) electrons. The molecule has 0 spiro atoms. The molecular formula is C29H46NO3P-2. The molecule has 0 aliphatic rings. The number of nitrogens with one attached hydrogen (secondary N) is 1. The smallest absolute Gasteiger partial charge is 0.128 e. The molecule has 0 amide bonds. The average molecular weight is 488 g/mol. The zero-order valence-corrected chi connectivity index (χ0v) is 22.2. The van der Waals surface area contributed by atoms with Crippen molar-refractivity contribution in [1.82, 2.24) is 5.32 Å². The van der Waals surface area contributed by atoms with E-state index in [4.69, 9.17) is 0 Å². The number of hydrogen-bond acceptors (Lipinski definition) is 4. The molecule has 1 N–H and O–H groups in total. The van der Waals surface area contributed by atoms with Crippen molar-refractivity contribution < 1.29 is 14.7 Å². The van der Waals surface area contributed by atoms with Crippen LogP contribution in [-0.4, -0.2) is 6.54 Å². The highest BCUT2D eigenvalue weighted by atomic mass is 31.2. The van der Waals surface area contributed by atoms with Gasteiger partial charge < -0.3 is 14.7 Å². The first-order valence-electron chi connectivity index (χ1n) is 13.8. The number of hydrogen-bond donors (Lipinski definition) is 1. The van der Waals surface area contributed by atoms with Crippen LogP contribution in [0.5, 0.6) is 0 Å². The molecule has 192 valence electrons. The fourth-order valence-corrected chi connectivity index (χ4v) is 5.71. The minimum atomic E-state index is -4.80. The van der Waals surface area contributed by atoms with Crippen molar-refractivity contribution in [1.29, 1.82) is 0 Å². The molecule has 1 atom stereocenters. The summed E-state index contributed by atoms with van der Waals surface area (Å²) >= 11 is 0. The van der Waals surface area contributed by atoms with Crippen LogP contribution in [0.4, 0.5) is 0 Å². The van der Waals surface area contributed by atoms with Crippen LogP contribution >= 0.6 is 7.94 Å². The molecule has 1 unspecified atom stereocenters. The summed E-state index contributed by atoms with van der Waals surface area (Å²) in [5.74, 6) is -1.17. The van der Waals surface area contributed by atoms with Crippen molar-refractivity contribution in [2.45, 2.75) is 115 Å². The Balaban J connectivity index is 1.52. The van der Waals surface area contributed by atoms with Crippen molar-refractivity contribution in [3.8, 4) is 0 Å². The van der Waals surface area contributed by atoms with Crippen LogP contribution < -0.4 is 20.0 Å². The van der Waals surface area contributed by atoms with Gasteiger partial charge in [-0.2, -0.15) is 0 Å². The SMILES string of the molecule is CCCCCCCCCCCCCCCCCCNC(c1cccc2ccccc12)[P+]([O-])([O-])[O-]. The standard InChI is InChI=1S/C29H48NO3P/c1-2-3-4-5-6-7-8-9-10-11-12-13-14-15-16-19-25-30-29(34(31,32)33)28-24-20-22-26-21-17-18-23-27(26)28/h17-18,20-24,29-30H,2-16,19,25H2,1H3,(H2,31,32,33)/p-2. The molecular weight excluding hydrogens is 441 g/mol. The Labute approximate surface area is 208 Å². The maximum absolute atomic E-state index is 12.0. The van der Waals surface area contributed by atoms with Gasteiger partial charge >= 0.3 is 0 Å². The van der Waals surface area contributed by atoms with Gasteiger partial charge in [-0.3, -0.25) is 5.32 Å². The highest BCUT2D eigenvalue weighted by Gasteiger charge is 2.21. The Morgan fingerprint density at radius 3 is 1.62 bits per heavy atom. The molecule has 0 aromatic heterocycles. The second-order valence-corrected chi connectivity index (χ2v) is 11.4. The van der Waals surface area contributed by atoms with Gasteiger partial charge in [0.15, 0.2) is 0 Å². The summed E-state index contributed by atoms with van der Waals surface area (Å²) in [7, 11) is -4.80. The Hall–Kier alpha value is -1.03. The summed E-state index contributed by atoms with van der Waals surface area (Å²) in [6.45, 7) is 2.81. The minimum Gasteiger partial charge on any atom is -0.686 e. The maximum atomic E-state index is 12.0. The Bertz CT molecular complexity index is 772. The van der Waals surface area contributed by atoms with Gasteiger partial charge in [0, 0.05) is 5.56 Å². The van der Waals surface area contributed by atoms with E-state index in [2.05, 4.69) is 12.2 Å². The first-order valence-corrected chi connectivity index (χ1v) is 15.4. The van der Waals surface area contributed by atoms with Gasteiger partial charge in [-0.15, -0.1) is 7.94 Å². The second kappa shape index (κ2) is 17.4. The average Bonchev–Trinajstić information content (AvgIpc) is 2.82. The molecule has 34 heavy (non-hydrogen) atoms. The molecule has 2 aromatic rings. The van der Waals surface area contributed by atoms with Crippen LogP contribution in [0, 0.1) is 0 Å². The zero-order chi connectivity index (χ0) is 24.5. The molecule has 4 nitrogen and oxygen atoms in total. The summed E-state index contributed by atoms with van der Waals surface area (Å²) in [6, 6.07) is 13.1. The van der Waals surface area contributed by atoms with Crippen molar-refractivity contribution in [3.05, 3.63) is 48.0 Å². The monoisotopic (exact) mass is 487 g/mol. The van der Waals surface area contributed by atoms with Crippen LogP contribution in [0.2, 0.25) is 0 Å². The summed E-state index contributed by atoms with van der Waals surface area (Å²) < 4.78 is 0. The predicted octanol–water partition coefficient (Wildman–Crippen LogP) is 6.53. The van der Waals surface area contributed by atoms with Crippen LogP contribution in [0.3, 0.4) is 0 Å². The topological polar surface area (TPSA) is 81.2 Å².